The molecule has 0 unspecified atom stereocenters. The molecule has 0 aliphatic rings. The molecular weight excluding hydrogens is 490 g/mol. The first-order chi connectivity index (χ1) is 16.6. The molecule has 0 aromatic heterocycles. The number of carbonyl (C=O) groups excluding carboxylic acids is 3. The van der Waals surface area contributed by atoms with Crippen LogP contribution in [0.15, 0.2) is 72.8 Å². The number of hydrogen-bond acceptors (Lipinski definition) is 10. The summed E-state index contributed by atoms with van der Waals surface area (Å²) in [6.07, 6.45) is -0.669. The molecule has 3 rings (SSSR count). The van der Waals surface area contributed by atoms with Crippen LogP contribution in [0.25, 0.3) is 0 Å². The molecule has 3 aromatic carbocycles. The number of nitrogens with two attached hydrogens (primary N) is 3. The van der Waals surface area contributed by atoms with Crippen molar-refractivity contribution in [1.29, 1.82) is 0 Å². The number of hydrogen-bond donors (Lipinski definition) is 3. The van der Waals surface area contributed by atoms with Gasteiger partial charge in [-0.2, -0.15) is 0 Å². The van der Waals surface area contributed by atoms with E-state index < -0.39 is 42.2 Å². The third-order valence-corrected chi connectivity index (χ3v) is 7.80. The molecule has 0 heterocycles. The predicted octanol–water partition coefficient (Wildman–Crippen LogP) is 3.54. The van der Waals surface area contributed by atoms with Gasteiger partial charge >= 0.3 is 207 Å². The van der Waals surface area contributed by atoms with E-state index in [0.717, 1.165) is 0 Å². The van der Waals surface area contributed by atoms with Crippen LogP contribution < -0.4 is 17.2 Å². The third-order valence-electron chi connectivity index (χ3n) is 4.58. The van der Waals surface area contributed by atoms with Crippen LogP contribution in [0.1, 0.15) is 44.9 Å². The van der Waals surface area contributed by atoms with E-state index in [1.807, 2.05) is 0 Å². The SMILES string of the molecule is CC(C)[O][Ti]([O]C(=O)c1ccccc1N)([O]C(=O)c1ccccc1N)[O]C(=O)c1ccccc1N. The Morgan fingerprint density at radius 3 is 1.14 bits per heavy atom. The molecular formula is C24H25N3O7Ti. The van der Waals surface area contributed by atoms with Crippen LogP contribution in [0, 0.1) is 0 Å². The second-order valence-electron chi connectivity index (χ2n) is 7.60. The van der Waals surface area contributed by atoms with Crippen LogP contribution in [0.5, 0.6) is 0 Å². The maximum atomic E-state index is 13.1. The number of nitrogen functional groups attached to an aromatic ring is 3. The normalized spacial score (nSPS) is 11.1. The van der Waals surface area contributed by atoms with E-state index in [-0.39, 0.29) is 33.8 Å². The van der Waals surface area contributed by atoms with Gasteiger partial charge in [-0.15, -0.1) is 0 Å². The molecule has 35 heavy (non-hydrogen) atoms. The molecule has 182 valence electrons. The Kier molecular flexibility index (Phi) is 8.13. The summed E-state index contributed by atoms with van der Waals surface area (Å²) in [5.41, 5.74) is 17.9. The first kappa shape index (κ1) is 25.8. The number of benzene rings is 3. The molecule has 0 fully saturated rings. The average molecular weight is 515 g/mol. The molecule has 0 radical (unpaired) electrons. The van der Waals surface area contributed by atoms with Gasteiger partial charge < -0.3 is 0 Å². The van der Waals surface area contributed by atoms with E-state index in [1.54, 1.807) is 50.2 Å². The van der Waals surface area contributed by atoms with Gasteiger partial charge in [-0.1, -0.05) is 0 Å². The van der Waals surface area contributed by atoms with Gasteiger partial charge in [0.1, 0.15) is 0 Å². The van der Waals surface area contributed by atoms with Crippen molar-refractivity contribution in [2.45, 2.75) is 20.0 Å². The molecule has 0 saturated carbocycles. The fraction of sp³-hybridized carbons (Fsp3) is 0.125. The molecule has 10 nitrogen and oxygen atoms in total. The van der Waals surface area contributed by atoms with Gasteiger partial charge in [0.15, 0.2) is 0 Å². The Morgan fingerprint density at radius 1 is 0.600 bits per heavy atom. The van der Waals surface area contributed by atoms with Crippen LogP contribution in [-0.4, -0.2) is 24.0 Å². The van der Waals surface area contributed by atoms with E-state index >= 15 is 0 Å². The van der Waals surface area contributed by atoms with Crippen LogP contribution in [0.3, 0.4) is 0 Å². The quantitative estimate of drug-likeness (QED) is 0.298. The second-order valence-corrected chi connectivity index (χ2v) is 10.5. The first-order valence-electron chi connectivity index (χ1n) is 10.5. The van der Waals surface area contributed by atoms with Crippen molar-refractivity contribution in [3.05, 3.63) is 89.5 Å². The molecule has 0 atom stereocenters. The van der Waals surface area contributed by atoms with Crippen molar-refractivity contribution in [2.75, 3.05) is 17.2 Å². The van der Waals surface area contributed by atoms with Crippen LogP contribution >= 0.6 is 0 Å². The van der Waals surface area contributed by atoms with Crippen LogP contribution in [0.2, 0.25) is 0 Å². The molecule has 0 aliphatic carbocycles. The number of rotatable bonds is 8. The monoisotopic (exact) mass is 515 g/mol. The minimum absolute atomic E-state index is 0.0274. The molecule has 0 amide bonds. The van der Waals surface area contributed by atoms with E-state index in [0.29, 0.717) is 0 Å². The number of para-hydroxylation sites is 3. The van der Waals surface area contributed by atoms with Gasteiger partial charge in [-0.3, -0.25) is 0 Å². The van der Waals surface area contributed by atoms with Gasteiger partial charge in [0.25, 0.3) is 0 Å². The zero-order valence-corrected chi connectivity index (χ0v) is 20.7. The topological polar surface area (TPSA) is 166 Å². The average Bonchev–Trinajstić information content (AvgIpc) is 2.79. The van der Waals surface area contributed by atoms with E-state index in [4.69, 9.17) is 30.5 Å². The molecule has 6 N–H and O–H groups in total. The van der Waals surface area contributed by atoms with E-state index in [9.17, 15) is 14.4 Å². The van der Waals surface area contributed by atoms with Gasteiger partial charge in [0.05, 0.1) is 0 Å². The summed E-state index contributed by atoms with van der Waals surface area (Å²) in [6.45, 7) is 3.19. The summed E-state index contributed by atoms with van der Waals surface area (Å²) >= 11 is -5.56. The zero-order chi connectivity index (χ0) is 25.6. The van der Waals surface area contributed by atoms with Gasteiger partial charge in [-0.05, 0) is 0 Å². The summed E-state index contributed by atoms with van der Waals surface area (Å²) in [5, 5.41) is 0. The second kappa shape index (κ2) is 11.0. The van der Waals surface area contributed by atoms with Crippen molar-refractivity contribution in [1.82, 2.24) is 0 Å². The minimum atomic E-state index is -5.56. The molecule has 0 aliphatic heterocycles. The Hall–Kier alpha value is -3.86. The van der Waals surface area contributed by atoms with Gasteiger partial charge in [-0.25, -0.2) is 0 Å². The third kappa shape index (κ3) is 6.39. The molecule has 11 heteroatoms. The first-order valence-corrected chi connectivity index (χ1v) is 13.1. The van der Waals surface area contributed by atoms with Crippen molar-refractivity contribution in [3.8, 4) is 0 Å². The molecule has 0 saturated heterocycles. The van der Waals surface area contributed by atoms with E-state index in [2.05, 4.69) is 0 Å². The van der Waals surface area contributed by atoms with E-state index in [1.165, 1.54) is 36.4 Å². The molecule has 0 bridgehead atoms. The van der Waals surface area contributed by atoms with Gasteiger partial charge in [0, 0.05) is 0 Å². The summed E-state index contributed by atoms with van der Waals surface area (Å²) in [6, 6.07) is 18.3. The fourth-order valence-electron chi connectivity index (χ4n) is 2.98. The summed E-state index contributed by atoms with van der Waals surface area (Å²) in [7, 11) is 0. The standard InChI is InChI=1S/3C7H7NO2.C3H7O.Ti/c3*8-6-4-2-1-3-5(6)7(9)10;1-3(2)4;/h3*1-4H,8H2,(H,9,10);3H,1-2H3;/q;;;-1;+4/p-3. The Morgan fingerprint density at radius 2 is 0.886 bits per heavy atom. The van der Waals surface area contributed by atoms with Crippen LogP contribution in [0.4, 0.5) is 17.1 Å². The van der Waals surface area contributed by atoms with Crippen LogP contribution in [-0.2, 0) is 31.4 Å². The number of anilines is 3. The van der Waals surface area contributed by atoms with Crippen molar-refractivity contribution < 1.29 is 45.8 Å². The fourth-order valence-corrected chi connectivity index (χ4v) is 5.88. The molecule has 0 spiro atoms. The zero-order valence-electron chi connectivity index (χ0n) is 19.1. The Labute approximate surface area is 207 Å². The summed E-state index contributed by atoms with van der Waals surface area (Å²) < 4.78 is 22.4. The van der Waals surface area contributed by atoms with Gasteiger partial charge in [0.2, 0.25) is 0 Å². The van der Waals surface area contributed by atoms with Crippen molar-refractivity contribution in [3.63, 3.8) is 0 Å². The van der Waals surface area contributed by atoms with Crippen molar-refractivity contribution >= 4 is 35.0 Å². The Balaban J connectivity index is 2.05. The number of carbonyl (C=O) groups is 3. The summed E-state index contributed by atoms with van der Waals surface area (Å²) in [5.74, 6) is -2.98. The Bertz CT molecular complexity index is 1100. The predicted molar refractivity (Wildman–Crippen MR) is 125 cm³/mol. The molecule has 3 aromatic rings. The summed E-state index contributed by atoms with van der Waals surface area (Å²) in [4.78, 5) is 39.2. The maximum absolute atomic E-state index is 13.1. The van der Waals surface area contributed by atoms with Crippen molar-refractivity contribution in [2.24, 2.45) is 0 Å².